The molecular formula is C14H18O9S. The smallest absolute Gasteiger partial charge is 0.336 e. The van der Waals surface area contributed by atoms with Crippen molar-refractivity contribution in [3.8, 4) is 0 Å². The summed E-state index contributed by atoms with van der Waals surface area (Å²) >= 11 is 0. The third-order valence-corrected chi connectivity index (χ3v) is 4.79. The van der Waals surface area contributed by atoms with Gasteiger partial charge in [-0.25, -0.2) is 0 Å². The largest absolute Gasteiger partial charge is 0.387 e. The predicted octanol–water partition coefficient (Wildman–Crippen LogP) is -1.72. The maximum absolute atomic E-state index is 12.1. The van der Waals surface area contributed by atoms with Crippen molar-refractivity contribution >= 4 is 15.2 Å². The van der Waals surface area contributed by atoms with Gasteiger partial charge in [-0.15, -0.1) is 0 Å². The van der Waals surface area contributed by atoms with Crippen molar-refractivity contribution in [1.29, 1.82) is 0 Å². The molecule has 24 heavy (non-hydrogen) atoms. The standard InChI is InChI=1S/C14H18O9S/c1-7-4-2-3-5-8(7)14(19)24(20,21)22-6-9-10(15)11(16)12(17)13(18)23-9/h2-5,9-13,15-18H,6H2,1H3/t9-,10-,11+,12-,13?/m1/s1. The summed E-state index contributed by atoms with van der Waals surface area (Å²) in [5.74, 6) is 0. The first kappa shape index (κ1) is 18.9. The molecule has 0 radical (unpaired) electrons. The lowest BCUT2D eigenvalue weighted by Crippen LogP contribution is -2.58. The Bertz CT molecular complexity index is 702. The molecule has 9 nitrogen and oxygen atoms in total. The zero-order valence-corrected chi connectivity index (χ0v) is 13.5. The minimum absolute atomic E-state index is 0.0573. The van der Waals surface area contributed by atoms with Gasteiger partial charge in [0.15, 0.2) is 6.29 Å². The quantitative estimate of drug-likeness (QED) is 0.459. The Hall–Kier alpha value is -1.40. The Kier molecular flexibility index (Phi) is 5.71. The number of aliphatic hydroxyl groups excluding tert-OH is 4. The lowest BCUT2D eigenvalue weighted by Gasteiger charge is -2.37. The Labute approximate surface area is 138 Å². The van der Waals surface area contributed by atoms with Crippen molar-refractivity contribution < 1.29 is 42.6 Å². The zero-order chi connectivity index (χ0) is 18.1. The fraction of sp³-hybridized carbons (Fsp3) is 0.500. The second kappa shape index (κ2) is 7.23. The molecule has 10 heteroatoms. The summed E-state index contributed by atoms with van der Waals surface area (Å²) in [5, 5.41) is 36.7. The van der Waals surface area contributed by atoms with Gasteiger partial charge in [0.25, 0.3) is 0 Å². The fourth-order valence-electron chi connectivity index (χ4n) is 2.22. The van der Waals surface area contributed by atoms with Gasteiger partial charge in [-0.2, -0.15) is 8.42 Å². The molecule has 4 N–H and O–H groups in total. The minimum Gasteiger partial charge on any atom is -0.387 e. The summed E-state index contributed by atoms with van der Waals surface area (Å²) in [4.78, 5) is 12.1. The first-order valence-electron chi connectivity index (χ1n) is 7.02. The number of rotatable bonds is 4. The van der Waals surface area contributed by atoms with Gasteiger partial charge in [-0.3, -0.25) is 8.98 Å². The third kappa shape index (κ3) is 3.81. The van der Waals surface area contributed by atoms with E-state index >= 15 is 0 Å². The van der Waals surface area contributed by atoms with Gasteiger partial charge >= 0.3 is 15.2 Å². The molecule has 1 saturated heterocycles. The van der Waals surface area contributed by atoms with E-state index in [-0.39, 0.29) is 5.56 Å². The monoisotopic (exact) mass is 362 g/mol. The fourth-order valence-corrected chi connectivity index (χ4v) is 3.13. The highest BCUT2D eigenvalue weighted by Gasteiger charge is 2.44. The summed E-state index contributed by atoms with van der Waals surface area (Å²) in [6.07, 6.45) is -8.48. The second-order valence-electron chi connectivity index (χ2n) is 5.38. The van der Waals surface area contributed by atoms with Crippen LogP contribution in [0.15, 0.2) is 24.3 Å². The molecule has 0 bridgehead atoms. The van der Waals surface area contributed by atoms with E-state index in [0.29, 0.717) is 5.56 Å². The maximum atomic E-state index is 12.1. The highest BCUT2D eigenvalue weighted by Crippen LogP contribution is 2.21. The molecule has 0 spiro atoms. The van der Waals surface area contributed by atoms with E-state index in [1.54, 1.807) is 19.1 Å². The molecule has 0 aromatic heterocycles. The van der Waals surface area contributed by atoms with Crippen LogP contribution in [0.3, 0.4) is 0 Å². The highest BCUT2D eigenvalue weighted by molar-refractivity contribution is 8.02. The Morgan fingerprint density at radius 2 is 1.75 bits per heavy atom. The van der Waals surface area contributed by atoms with Crippen LogP contribution in [0.1, 0.15) is 15.9 Å². The first-order valence-corrected chi connectivity index (χ1v) is 8.43. The van der Waals surface area contributed by atoms with Crippen molar-refractivity contribution in [1.82, 2.24) is 0 Å². The molecular weight excluding hydrogens is 344 g/mol. The van der Waals surface area contributed by atoms with Gasteiger partial charge in [0.1, 0.15) is 24.4 Å². The van der Waals surface area contributed by atoms with Gasteiger partial charge in [-0.1, -0.05) is 18.2 Å². The molecule has 1 aliphatic rings. The Balaban J connectivity index is 2.08. The normalized spacial score (nSPS) is 31.0. The van der Waals surface area contributed by atoms with E-state index in [1.165, 1.54) is 12.1 Å². The second-order valence-corrected chi connectivity index (χ2v) is 6.89. The van der Waals surface area contributed by atoms with E-state index in [4.69, 9.17) is 4.74 Å². The average molecular weight is 362 g/mol. The average Bonchev–Trinajstić information content (AvgIpc) is 2.55. The molecule has 1 unspecified atom stereocenters. The van der Waals surface area contributed by atoms with Crippen molar-refractivity contribution in [2.24, 2.45) is 0 Å². The molecule has 0 saturated carbocycles. The Morgan fingerprint density at radius 3 is 2.38 bits per heavy atom. The van der Waals surface area contributed by atoms with Crippen LogP contribution in [0.2, 0.25) is 0 Å². The molecule has 1 aliphatic heterocycles. The summed E-state index contributed by atoms with van der Waals surface area (Å²) in [7, 11) is -4.66. The van der Waals surface area contributed by atoms with E-state index in [9.17, 15) is 33.6 Å². The van der Waals surface area contributed by atoms with Crippen molar-refractivity contribution in [3.05, 3.63) is 35.4 Å². The Morgan fingerprint density at radius 1 is 1.12 bits per heavy atom. The summed E-state index contributed by atoms with van der Waals surface area (Å²) in [6, 6.07) is 6.02. The van der Waals surface area contributed by atoms with E-state index in [1.807, 2.05) is 0 Å². The summed E-state index contributed by atoms with van der Waals surface area (Å²) in [6.45, 7) is 0.743. The highest BCUT2D eigenvalue weighted by atomic mass is 32.2. The number of benzene rings is 1. The van der Waals surface area contributed by atoms with E-state index in [0.717, 1.165) is 0 Å². The molecule has 0 aliphatic carbocycles. The third-order valence-electron chi connectivity index (χ3n) is 3.67. The number of ether oxygens (including phenoxy) is 1. The molecule has 1 aromatic carbocycles. The topological polar surface area (TPSA) is 151 Å². The van der Waals surface area contributed by atoms with Crippen LogP contribution < -0.4 is 0 Å². The maximum Gasteiger partial charge on any atom is 0.336 e. The van der Waals surface area contributed by atoms with Crippen LogP contribution in [0, 0.1) is 6.92 Å². The van der Waals surface area contributed by atoms with Crippen LogP contribution in [0.25, 0.3) is 0 Å². The van der Waals surface area contributed by atoms with Crippen LogP contribution in [0.5, 0.6) is 0 Å². The number of hydrogen-bond acceptors (Lipinski definition) is 9. The van der Waals surface area contributed by atoms with Gasteiger partial charge in [-0.05, 0) is 18.6 Å². The molecule has 1 heterocycles. The SMILES string of the molecule is Cc1ccccc1C(=O)S(=O)(=O)OC[C@H]1OC(O)[C@H](O)[C@@H](O)[C@@H]1O. The number of aryl methyl sites for hydroxylation is 1. The van der Waals surface area contributed by atoms with Gasteiger partial charge < -0.3 is 25.2 Å². The minimum atomic E-state index is -4.66. The molecule has 134 valence electrons. The van der Waals surface area contributed by atoms with Crippen molar-refractivity contribution in [3.63, 3.8) is 0 Å². The molecule has 2 rings (SSSR count). The number of carbonyl (C=O) groups is 1. The van der Waals surface area contributed by atoms with E-state index < -0.39 is 52.5 Å². The summed E-state index contributed by atoms with van der Waals surface area (Å²) in [5.41, 5.74) is 0.385. The number of carbonyl (C=O) groups excluding carboxylic acids is 1. The predicted molar refractivity (Wildman–Crippen MR) is 79.3 cm³/mol. The molecule has 0 amide bonds. The number of hydrogen-bond donors (Lipinski definition) is 4. The van der Waals surface area contributed by atoms with Crippen molar-refractivity contribution in [2.45, 2.75) is 37.6 Å². The van der Waals surface area contributed by atoms with Crippen molar-refractivity contribution in [2.75, 3.05) is 6.61 Å². The van der Waals surface area contributed by atoms with Crippen LogP contribution in [0.4, 0.5) is 0 Å². The molecule has 1 aromatic rings. The number of aliphatic hydroxyl groups is 4. The van der Waals surface area contributed by atoms with Crippen LogP contribution >= 0.6 is 0 Å². The molecule has 5 atom stereocenters. The van der Waals surface area contributed by atoms with Crippen LogP contribution in [-0.4, -0.2) is 71.3 Å². The van der Waals surface area contributed by atoms with Gasteiger partial charge in [0.2, 0.25) is 0 Å². The lowest BCUT2D eigenvalue weighted by atomic mass is 10.00. The van der Waals surface area contributed by atoms with Crippen LogP contribution in [-0.2, 0) is 19.0 Å². The van der Waals surface area contributed by atoms with Gasteiger partial charge in [0.05, 0.1) is 6.61 Å². The van der Waals surface area contributed by atoms with Gasteiger partial charge in [0, 0.05) is 5.56 Å². The zero-order valence-electron chi connectivity index (χ0n) is 12.6. The lowest BCUT2D eigenvalue weighted by molar-refractivity contribution is -0.285. The summed E-state index contributed by atoms with van der Waals surface area (Å²) < 4.78 is 33.3. The van der Waals surface area contributed by atoms with E-state index in [2.05, 4.69) is 4.18 Å². The molecule has 1 fully saturated rings. The first-order chi connectivity index (χ1) is 11.1.